The summed E-state index contributed by atoms with van der Waals surface area (Å²) in [6.07, 6.45) is 8.14. The van der Waals surface area contributed by atoms with E-state index in [1.165, 1.54) is 20.7 Å². The van der Waals surface area contributed by atoms with Gasteiger partial charge in [0, 0.05) is 30.4 Å². The SMILES string of the molecule is CC(C)(C)OC(=O)N1CCCC[C@H]1C(=O)C[N+](=O)[O-].CC(C)(C)OC(=O)N1CCCC[C@H]1C(=O)n1ccnc1. The van der Waals surface area contributed by atoms with Crippen LogP contribution in [0.2, 0.25) is 0 Å². The van der Waals surface area contributed by atoms with Gasteiger partial charge in [0.25, 0.3) is 12.5 Å². The second kappa shape index (κ2) is 13.5. The highest BCUT2D eigenvalue weighted by Gasteiger charge is 2.37. The van der Waals surface area contributed by atoms with Crippen molar-refractivity contribution in [3.8, 4) is 0 Å². The molecule has 0 unspecified atom stereocenters. The number of amides is 2. The molecule has 13 nitrogen and oxygen atoms in total. The van der Waals surface area contributed by atoms with E-state index in [0.717, 1.165) is 25.7 Å². The molecule has 2 atom stereocenters. The van der Waals surface area contributed by atoms with Gasteiger partial charge in [0.2, 0.25) is 5.78 Å². The Kier molecular flexibility index (Phi) is 11.0. The molecular weight excluding hydrogens is 510 g/mol. The van der Waals surface area contributed by atoms with Gasteiger partial charge in [0.1, 0.15) is 29.6 Å². The van der Waals surface area contributed by atoms with Crippen molar-refractivity contribution in [1.82, 2.24) is 19.4 Å². The molecule has 2 saturated heterocycles. The molecule has 3 heterocycles. The predicted octanol–water partition coefficient (Wildman–Crippen LogP) is 3.93. The van der Waals surface area contributed by atoms with Crippen LogP contribution >= 0.6 is 0 Å². The second-order valence-electron chi connectivity index (χ2n) is 11.6. The van der Waals surface area contributed by atoms with Crippen molar-refractivity contribution in [2.45, 2.75) is 103 Å². The Morgan fingerprint density at radius 1 is 0.872 bits per heavy atom. The lowest BCUT2D eigenvalue weighted by Gasteiger charge is -2.35. The summed E-state index contributed by atoms with van der Waals surface area (Å²) in [4.78, 5) is 64.9. The largest absolute Gasteiger partial charge is 0.444 e. The Labute approximate surface area is 229 Å². The van der Waals surface area contributed by atoms with Crippen LogP contribution in [0.5, 0.6) is 0 Å². The van der Waals surface area contributed by atoms with Crippen molar-refractivity contribution in [2.24, 2.45) is 0 Å². The minimum absolute atomic E-state index is 0.131. The van der Waals surface area contributed by atoms with Crippen molar-refractivity contribution in [1.29, 1.82) is 0 Å². The molecule has 2 amide bonds. The molecule has 0 spiro atoms. The van der Waals surface area contributed by atoms with E-state index in [1.54, 1.807) is 33.2 Å². The van der Waals surface area contributed by atoms with E-state index in [-0.39, 0.29) is 5.91 Å². The highest BCUT2D eigenvalue weighted by molar-refractivity contribution is 5.88. The number of hydrogen-bond acceptors (Lipinski definition) is 9. The summed E-state index contributed by atoms with van der Waals surface area (Å²) in [7, 11) is 0. The number of imidazole rings is 1. The van der Waals surface area contributed by atoms with E-state index in [4.69, 9.17) is 9.47 Å². The van der Waals surface area contributed by atoms with Crippen LogP contribution in [0, 0.1) is 10.1 Å². The number of aromatic nitrogens is 2. The molecule has 2 fully saturated rings. The van der Waals surface area contributed by atoms with Gasteiger partial charge < -0.3 is 9.47 Å². The van der Waals surface area contributed by atoms with Gasteiger partial charge in [0.15, 0.2) is 0 Å². The van der Waals surface area contributed by atoms with Crippen molar-refractivity contribution in [3.05, 3.63) is 28.8 Å². The molecule has 13 heteroatoms. The number of Topliss-reactive ketones (excluding diaryl/α,β-unsaturated/α-hetero) is 1. The first-order valence-electron chi connectivity index (χ1n) is 13.2. The molecule has 218 valence electrons. The number of ether oxygens (including phenoxy) is 2. The summed E-state index contributed by atoms with van der Waals surface area (Å²) in [5, 5.41) is 10.4. The van der Waals surface area contributed by atoms with Crippen LogP contribution in [0.1, 0.15) is 84.9 Å². The molecule has 0 aromatic carbocycles. The number of nitro groups is 1. The zero-order chi connectivity index (χ0) is 29.4. The van der Waals surface area contributed by atoms with Gasteiger partial charge in [-0.05, 0) is 80.1 Å². The summed E-state index contributed by atoms with van der Waals surface area (Å²) in [6, 6.07) is -1.19. The molecular formula is C26H41N5O8. The van der Waals surface area contributed by atoms with E-state index in [1.807, 2.05) is 20.8 Å². The van der Waals surface area contributed by atoms with Gasteiger partial charge in [-0.25, -0.2) is 14.6 Å². The maximum absolute atomic E-state index is 12.4. The fourth-order valence-corrected chi connectivity index (χ4v) is 4.33. The van der Waals surface area contributed by atoms with E-state index >= 15 is 0 Å². The summed E-state index contributed by atoms with van der Waals surface area (Å²) >= 11 is 0. The van der Waals surface area contributed by atoms with Gasteiger partial charge in [0.05, 0.1) is 0 Å². The molecule has 0 N–H and O–H groups in total. The summed E-state index contributed by atoms with van der Waals surface area (Å²) in [5.74, 6) is -0.663. The summed E-state index contributed by atoms with van der Waals surface area (Å²) in [6.45, 7) is 10.9. The molecule has 0 saturated carbocycles. The average Bonchev–Trinajstić information content (AvgIpc) is 3.36. The number of rotatable bonds is 4. The maximum atomic E-state index is 12.4. The standard InChI is InChI=1S/C14H21N3O3.C12H20N2O5/c1-14(2,3)20-13(19)17-8-5-4-6-11(17)12(18)16-9-7-15-10-16;1-12(2,3)19-11(16)13-7-5-4-6-9(13)10(15)8-14(17)18/h7,9-11H,4-6,8H2,1-3H3;9H,4-8H2,1-3H3/t11-;9-/m00/s1. The Balaban J connectivity index is 0.000000274. The van der Waals surface area contributed by atoms with Crippen LogP contribution in [0.15, 0.2) is 18.7 Å². The topological polar surface area (TPSA) is 154 Å². The number of hydrogen-bond donors (Lipinski definition) is 0. The molecule has 0 radical (unpaired) electrons. The fraction of sp³-hybridized carbons (Fsp3) is 0.731. The third-order valence-corrected chi connectivity index (χ3v) is 5.96. The minimum atomic E-state index is -0.746. The normalized spacial score (nSPS) is 19.8. The van der Waals surface area contributed by atoms with Gasteiger partial charge in [-0.2, -0.15) is 0 Å². The number of piperidine rings is 2. The quantitative estimate of drug-likeness (QED) is 0.400. The van der Waals surface area contributed by atoms with E-state index in [0.29, 0.717) is 25.9 Å². The minimum Gasteiger partial charge on any atom is -0.444 e. The predicted molar refractivity (Wildman–Crippen MR) is 141 cm³/mol. The maximum Gasteiger partial charge on any atom is 0.410 e. The lowest BCUT2D eigenvalue weighted by Crippen LogP contribution is -2.51. The third-order valence-electron chi connectivity index (χ3n) is 5.96. The number of nitrogens with zero attached hydrogens (tertiary/aromatic N) is 5. The number of carbonyl (C=O) groups is 4. The Morgan fingerprint density at radius 3 is 1.79 bits per heavy atom. The molecule has 1 aromatic heterocycles. The Bertz CT molecular complexity index is 1010. The fourth-order valence-electron chi connectivity index (χ4n) is 4.33. The molecule has 3 rings (SSSR count). The van der Waals surface area contributed by atoms with E-state index in [2.05, 4.69) is 4.98 Å². The summed E-state index contributed by atoms with van der Waals surface area (Å²) < 4.78 is 12.0. The van der Waals surface area contributed by atoms with Crippen molar-refractivity contribution in [3.63, 3.8) is 0 Å². The second-order valence-corrected chi connectivity index (χ2v) is 11.6. The third kappa shape index (κ3) is 10.3. The van der Waals surface area contributed by atoms with E-state index < -0.39 is 52.7 Å². The van der Waals surface area contributed by atoms with Crippen LogP contribution < -0.4 is 0 Å². The number of ketones is 1. The molecule has 2 aliphatic heterocycles. The highest BCUT2D eigenvalue weighted by atomic mass is 16.6. The average molecular weight is 552 g/mol. The molecule has 1 aromatic rings. The monoisotopic (exact) mass is 551 g/mol. The molecule has 2 aliphatic rings. The smallest absolute Gasteiger partial charge is 0.410 e. The molecule has 0 bridgehead atoms. The first-order chi connectivity index (χ1) is 18.1. The van der Waals surface area contributed by atoms with Gasteiger partial charge in [-0.1, -0.05) is 0 Å². The lowest BCUT2D eigenvalue weighted by atomic mass is 9.99. The van der Waals surface area contributed by atoms with Crippen molar-refractivity contribution >= 4 is 23.9 Å². The Hall–Kier alpha value is -3.51. The van der Waals surface area contributed by atoms with Crippen LogP contribution in [0.4, 0.5) is 9.59 Å². The zero-order valence-electron chi connectivity index (χ0n) is 23.8. The van der Waals surface area contributed by atoms with Gasteiger partial charge in [-0.15, -0.1) is 0 Å². The van der Waals surface area contributed by atoms with Crippen LogP contribution in [-0.4, -0.2) is 91.1 Å². The zero-order valence-corrected chi connectivity index (χ0v) is 23.8. The van der Waals surface area contributed by atoms with Crippen LogP contribution in [0.25, 0.3) is 0 Å². The lowest BCUT2D eigenvalue weighted by molar-refractivity contribution is -0.467. The van der Waals surface area contributed by atoms with Crippen LogP contribution in [0.3, 0.4) is 0 Å². The Morgan fingerprint density at radius 2 is 1.36 bits per heavy atom. The van der Waals surface area contributed by atoms with Gasteiger partial charge >= 0.3 is 12.2 Å². The number of carbonyl (C=O) groups excluding carboxylic acids is 4. The number of likely N-dealkylation sites (tertiary alicyclic amines) is 2. The molecule has 0 aliphatic carbocycles. The summed E-state index contributed by atoms with van der Waals surface area (Å²) in [5.41, 5.74) is -1.21. The first-order valence-corrected chi connectivity index (χ1v) is 13.2. The van der Waals surface area contributed by atoms with Crippen molar-refractivity contribution in [2.75, 3.05) is 19.6 Å². The highest BCUT2D eigenvalue weighted by Crippen LogP contribution is 2.22. The molecule has 39 heavy (non-hydrogen) atoms. The van der Waals surface area contributed by atoms with Crippen molar-refractivity contribution < 1.29 is 33.6 Å². The first kappa shape index (κ1) is 31.7. The van der Waals surface area contributed by atoms with Gasteiger partial charge in [-0.3, -0.25) is 34.1 Å². The van der Waals surface area contributed by atoms with Crippen LogP contribution in [-0.2, 0) is 14.3 Å². The van der Waals surface area contributed by atoms with E-state index in [9.17, 15) is 29.3 Å².